The summed E-state index contributed by atoms with van der Waals surface area (Å²) in [6.07, 6.45) is 0. The first-order valence-electron chi connectivity index (χ1n) is 2.16. The van der Waals surface area contributed by atoms with Crippen LogP contribution >= 0.6 is 12.4 Å². The first-order chi connectivity index (χ1) is 3.50. The minimum Gasteiger partial charge on any atom is -0.479 e. The van der Waals surface area contributed by atoms with Crippen molar-refractivity contribution in [2.24, 2.45) is 5.73 Å². The fourth-order valence-corrected chi connectivity index (χ4v) is 0.0873. The van der Waals surface area contributed by atoms with Gasteiger partial charge >= 0.3 is 5.97 Å². The van der Waals surface area contributed by atoms with Gasteiger partial charge in [0.15, 0.2) is 5.60 Å². The zero-order chi connectivity index (χ0) is 6.78. The number of aliphatic carboxylic acids is 1. The van der Waals surface area contributed by atoms with Crippen LogP contribution in [0.4, 0.5) is 0 Å². The number of aliphatic hydroxyl groups is 1. The predicted molar refractivity (Wildman–Crippen MR) is 34.6 cm³/mol. The molecule has 9 heavy (non-hydrogen) atoms. The Morgan fingerprint density at radius 2 is 2.11 bits per heavy atom. The average molecular weight is 156 g/mol. The number of carboxylic acid groups (broad SMARTS) is 1. The second kappa shape index (κ2) is 3.66. The molecule has 0 saturated carbocycles. The van der Waals surface area contributed by atoms with E-state index in [4.69, 9.17) is 15.9 Å². The molecule has 0 aromatic rings. The Labute approximate surface area is 59.1 Å². The van der Waals surface area contributed by atoms with E-state index < -0.39 is 11.6 Å². The topological polar surface area (TPSA) is 83.5 Å². The molecule has 0 heterocycles. The standard InChI is InChI=1S/C4H9NO3.ClH/c1-4(8,2-5)3(6)7;/h8H,2,5H2,1H3,(H,6,7);1H. The summed E-state index contributed by atoms with van der Waals surface area (Å²) in [6.45, 7) is 0.887. The minimum atomic E-state index is -1.76. The highest BCUT2D eigenvalue weighted by Gasteiger charge is 2.27. The Morgan fingerprint density at radius 1 is 1.78 bits per heavy atom. The van der Waals surface area contributed by atoms with Crippen LogP contribution in [-0.2, 0) is 4.79 Å². The molecule has 0 saturated heterocycles. The van der Waals surface area contributed by atoms with E-state index in [-0.39, 0.29) is 19.0 Å². The fourth-order valence-electron chi connectivity index (χ4n) is 0.0873. The Hall–Kier alpha value is -0.320. The van der Waals surface area contributed by atoms with Crippen molar-refractivity contribution in [3.63, 3.8) is 0 Å². The zero-order valence-electron chi connectivity index (χ0n) is 5.00. The number of halogens is 1. The molecule has 0 spiro atoms. The van der Waals surface area contributed by atoms with Crippen molar-refractivity contribution >= 4 is 18.4 Å². The smallest absolute Gasteiger partial charge is 0.336 e. The van der Waals surface area contributed by atoms with Crippen LogP contribution in [0.1, 0.15) is 6.92 Å². The number of carboxylic acids is 1. The molecule has 1 atom stereocenters. The van der Waals surface area contributed by atoms with Crippen LogP contribution in [0.15, 0.2) is 0 Å². The molecule has 0 radical (unpaired) electrons. The maximum atomic E-state index is 9.92. The van der Waals surface area contributed by atoms with Crippen LogP contribution in [0.2, 0.25) is 0 Å². The van der Waals surface area contributed by atoms with Crippen LogP contribution in [0.5, 0.6) is 0 Å². The summed E-state index contributed by atoms with van der Waals surface area (Å²) in [5, 5.41) is 16.8. The third-order valence-corrected chi connectivity index (χ3v) is 0.858. The predicted octanol–water partition coefficient (Wildman–Crippen LogP) is -0.797. The largest absolute Gasteiger partial charge is 0.479 e. The first kappa shape index (κ1) is 11.5. The average Bonchev–Trinajstić information content (AvgIpc) is 1.67. The van der Waals surface area contributed by atoms with E-state index in [0.29, 0.717) is 0 Å². The van der Waals surface area contributed by atoms with Crippen LogP contribution in [-0.4, -0.2) is 28.3 Å². The summed E-state index contributed by atoms with van der Waals surface area (Å²) in [5.41, 5.74) is 3.11. The first-order valence-corrected chi connectivity index (χ1v) is 2.16. The SMILES string of the molecule is CC(O)(CN)C(=O)O.Cl. The third-order valence-electron chi connectivity index (χ3n) is 0.858. The van der Waals surface area contributed by atoms with Gasteiger partial charge in [0.1, 0.15) is 0 Å². The summed E-state index contributed by atoms with van der Waals surface area (Å²) >= 11 is 0. The molecule has 0 amide bonds. The highest BCUT2D eigenvalue weighted by atomic mass is 35.5. The van der Waals surface area contributed by atoms with Crippen molar-refractivity contribution in [3.8, 4) is 0 Å². The van der Waals surface area contributed by atoms with Crippen molar-refractivity contribution in [2.75, 3.05) is 6.54 Å². The lowest BCUT2D eigenvalue weighted by Crippen LogP contribution is -2.42. The lowest BCUT2D eigenvalue weighted by Gasteiger charge is -2.13. The molecule has 0 rings (SSSR count). The van der Waals surface area contributed by atoms with Crippen molar-refractivity contribution in [2.45, 2.75) is 12.5 Å². The molecular weight excluding hydrogens is 146 g/mol. The normalized spacial score (nSPS) is 15.4. The quantitative estimate of drug-likeness (QED) is 0.488. The van der Waals surface area contributed by atoms with Crippen molar-refractivity contribution in [3.05, 3.63) is 0 Å². The number of nitrogens with two attached hydrogens (primary N) is 1. The van der Waals surface area contributed by atoms with E-state index in [1.165, 1.54) is 0 Å². The van der Waals surface area contributed by atoms with Gasteiger partial charge in [-0.3, -0.25) is 0 Å². The third kappa shape index (κ3) is 3.29. The van der Waals surface area contributed by atoms with Crippen molar-refractivity contribution < 1.29 is 15.0 Å². The summed E-state index contributed by atoms with van der Waals surface area (Å²) in [4.78, 5) is 9.92. The van der Waals surface area contributed by atoms with Gasteiger partial charge in [-0.1, -0.05) is 0 Å². The molecule has 0 aromatic heterocycles. The van der Waals surface area contributed by atoms with E-state index in [2.05, 4.69) is 0 Å². The molecule has 0 aliphatic carbocycles. The molecule has 0 aromatic carbocycles. The van der Waals surface area contributed by atoms with Crippen molar-refractivity contribution in [1.82, 2.24) is 0 Å². The van der Waals surface area contributed by atoms with E-state index >= 15 is 0 Å². The molecule has 0 fully saturated rings. The molecule has 56 valence electrons. The Balaban J connectivity index is 0. The van der Waals surface area contributed by atoms with Crippen LogP contribution in [0, 0.1) is 0 Å². The Bertz CT molecular complexity index is 104. The number of carbonyl (C=O) groups is 1. The van der Waals surface area contributed by atoms with Gasteiger partial charge in [0, 0.05) is 6.54 Å². The van der Waals surface area contributed by atoms with Crippen LogP contribution in [0.25, 0.3) is 0 Å². The van der Waals surface area contributed by atoms with Gasteiger partial charge in [-0.25, -0.2) is 4.79 Å². The van der Waals surface area contributed by atoms with Gasteiger partial charge < -0.3 is 15.9 Å². The second-order valence-corrected chi connectivity index (χ2v) is 1.78. The summed E-state index contributed by atoms with van der Waals surface area (Å²) in [7, 11) is 0. The lowest BCUT2D eigenvalue weighted by molar-refractivity contribution is -0.155. The van der Waals surface area contributed by atoms with Gasteiger partial charge in [-0.2, -0.15) is 0 Å². The monoisotopic (exact) mass is 155 g/mol. The highest BCUT2D eigenvalue weighted by Crippen LogP contribution is 1.97. The molecule has 0 aliphatic rings. The zero-order valence-corrected chi connectivity index (χ0v) is 5.81. The molecule has 0 aliphatic heterocycles. The molecule has 5 heteroatoms. The molecule has 4 nitrogen and oxygen atoms in total. The van der Waals surface area contributed by atoms with Crippen LogP contribution in [0.3, 0.4) is 0 Å². The summed E-state index contributed by atoms with van der Waals surface area (Å²) < 4.78 is 0. The van der Waals surface area contributed by atoms with E-state index in [1.54, 1.807) is 0 Å². The van der Waals surface area contributed by atoms with Crippen LogP contribution < -0.4 is 5.73 Å². The molecule has 1 unspecified atom stereocenters. The maximum absolute atomic E-state index is 9.92. The summed E-state index contributed by atoms with van der Waals surface area (Å²) in [6, 6.07) is 0. The second-order valence-electron chi connectivity index (χ2n) is 1.78. The Morgan fingerprint density at radius 3 is 2.11 bits per heavy atom. The van der Waals surface area contributed by atoms with Crippen molar-refractivity contribution in [1.29, 1.82) is 0 Å². The van der Waals surface area contributed by atoms with Gasteiger partial charge in [-0.05, 0) is 6.92 Å². The van der Waals surface area contributed by atoms with E-state index in [1.807, 2.05) is 0 Å². The van der Waals surface area contributed by atoms with E-state index in [9.17, 15) is 4.79 Å². The molecule has 0 bridgehead atoms. The maximum Gasteiger partial charge on any atom is 0.336 e. The van der Waals surface area contributed by atoms with Gasteiger partial charge in [0.05, 0.1) is 0 Å². The molecular formula is C4H10ClNO3. The minimum absolute atomic E-state index is 0. The summed E-state index contributed by atoms with van der Waals surface area (Å²) in [5.74, 6) is -1.29. The molecule has 4 N–H and O–H groups in total. The number of rotatable bonds is 2. The lowest BCUT2D eigenvalue weighted by atomic mass is 10.1. The highest BCUT2D eigenvalue weighted by molar-refractivity contribution is 5.85. The van der Waals surface area contributed by atoms with E-state index in [0.717, 1.165) is 6.92 Å². The Kier molecular flexibility index (Phi) is 4.66. The fraction of sp³-hybridized carbons (Fsp3) is 0.750. The number of hydrogen-bond acceptors (Lipinski definition) is 3. The van der Waals surface area contributed by atoms with Gasteiger partial charge in [0.2, 0.25) is 0 Å². The number of hydrogen-bond donors (Lipinski definition) is 3. The van der Waals surface area contributed by atoms with Gasteiger partial charge in [0.25, 0.3) is 0 Å². The van der Waals surface area contributed by atoms with Gasteiger partial charge in [-0.15, -0.1) is 12.4 Å².